The van der Waals surface area contributed by atoms with E-state index >= 15 is 0 Å². The summed E-state index contributed by atoms with van der Waals surface area (Å²) in [5.41, 5.74) is 2.95. The molecule has 0 saturated heterocycles. The van der Waals surface area contributed by atoms with Crippen LogP contribution >= 0.6 is 0 Å². The van der Waals surface area contributed by atoms with Crippen molar-refractivity contribution in [1.29, 1.82) is 5.26 Å². The Balaban J connectivity index is 1.59. The molecule has 4 heteroatoms. The van der Waals surface area contributed by atoms with Gasteiger partial charge in [0.15, 0.2) is 11.5 Å². The minimum absolute atomic E-state index is 0.0226. The van der Waals surface area contributed by atoms with Crippen LogP contribution in [0.25, 0.3) is 0 Å². The van der Waals surface area contributed by atoms with E-state index < -0.39 is 0 Å². The van der Waals surface area contributed by atoms with Gasteiger partial charge < -0.3 is 9.47 Å². The maximum atomic E-state index is 9.00. The first-order valence-electron chi connectivity index (χ1n) is 7.72. The number of ether oxygens (including phenoxy) is 2. The Labute approximate surface area is 136 Å². The van der Waals surface area contributed by atoms with E-state index in [-0.39, 0.29) is 6.10 Å². The second-order valence-corrected chi connectivity index (χ2v) is 5.96. The molecule has 3 rings (SSSR count). The smallest absolute Gasteiger partial charge is 0.161 e. The molecular weight excluding hydrogens is 288 g/mol. The molecule has 23 heavy (non-hydrogen) atoms. The number of nitriles is 1. The number of fused-ring (bicyclic) bond motifs is 1. The van der Waals surface area contributed by atoms with Crippen LogP contribution in [0.4, 0.5) is 0 Å². The number of likely N-dealkylation sites (N-methyl/N-ethyl adjacent to an activating group) is 1. The molecule has 0 aromatic heterocycles. The maximum absolute atomic E-state index is 9.00. The Morgan fingerprint density at radius 2 is 2.00 bits per heavy atom. The van der Waals surface area contributed by atoms with Gasteiger partial charge in [0.2, 0.25) is 0 Å². The summed E-state index contributed by atoms with van der Waals surface area (Å²) in [4.78, 5) is 2.21. The summed E-state index contributed by atoms with van der Waals surface area (Å²) >= 11 is 0. The molecule has 4 nitrogen and oxygen atoms in total. The Morgan fingerprint density at radius 1 is 1.22 bits per heavy atom. The standard InChI is InChI=1S/C19H20N2O2/c1-14-9-15(7-8-16(14)10-20)11-21(2)12-17-13-22-18-5-3-4-6-19(18)23-17/h3-9,17H,11-13H2,1-2H3. The largest absolute Gasteiger partial charge is 0.486 e. The van der Waals surface area contributed by atoms with Gasteiger partial charge >= 0.3 is 0 Å². The monoisotopic (exact) mass is 308 g/mol. The van der Waals surface area contributed by atoms with Crippen LogP contribution in [0, 0.1) is 18.3 Å². The summed E-state index contributed by atoms with van der Waals surface area (Å²) in [6.07, 6.45) is 0.0226. The van der Waals surface area contributed by atoms with E-state index in [0.29, 0.717) is 6.61 Å². The van der Waals surface area contributed by atoms with Gasteiger partial charge in [-0.15, -0.1) is 0 Å². The van der Waals surface area contributed by atoms with Crippen LogP contribution in [0.2, 0.25) is 0 Å². The van der Waals surface area contributed by atoms with Crippen LogP contribution in [0.15, 0.2) is 42.5 Å². The molecule has 0 saturated carbocycles. The number of aryl methyl sites for hydroxylation is 1. The van der Waals surface area contributed by atoms with Gasteiger partial charge in [-0.1, -0.05) is 24.3 Å². The van der Waals surface area contributed by atoms with Gasteiger partial charge in [-0.05, 0) is 43.3 Å². The fraction of sp³-hybridized carbons (Fsp3) is 0.316. The van der Waals surface area contributed by atoms with Crippen molar-refractivity contribution in [3.63, 3.8) is 0 Å². The highest BCUT2D eigenvalue weighted by Crippen LogP contribution is 2.31. The first-order chi connectivity index (χ1) is 11.2. The summed E-state index contributed by atoms with van der Waals surface area (Å²) in [5.74, 6) is 1.63. The van der Waals surface area contributed by atoms with Gasteiger partial charge in [0, 0.05) is 13.1 Å². The molecular formula is C19H20N2O2. The number of benzene rings is 2. The van der Waals surface area contributed by atoms with Crippen molar-refractivity contribution < 1.29 is 9.47 Å². The zero-order valence-corrected chi connectivity index (χ0v) is 13.5. The van der Waals surface area contributed by atoms with Crippen molar-refractivity contribution in [2.45, 2.75) is 19.6 Å². The lowest BCUT2D eigenvalue weighted by molar-refractivity contribution is 0.0638. The molecule has 1 unspecified atom stereocenters. The highest BCUT2D eigenvalue weighted by molar-refractivity contribution is 5.41. The minimum Gasteiger partial charge on any atom is -0.486 e. The molecule has 0 spiro atoms. The topological polar surface area (TPSA) is 45.5 Å². The number of hydrogen-bond donors (Lipinski definition) is 0. The van der Waals surface area contributed by atoms with E-state index in [1.807, 2.05) is 43.3 Å². The molecule has 1 atom stereocenters. The van der Waals surface area contributed by atoms with Crippen LogP contribution < -0.4 is 9.47 Å². The fourth-order valence-electron chi connectivity index (χ4n) is 2.83. The van der Waals surface area contributed by atoms with Gasteiger partial charge in [0.25, 0.3) is 0 Å². The first kappa shape index (κ1) is 15.4. The number of rotatable bonds is 4. The van der Waals surface area contributed by atoms with Crippen LogP contribution in [0.1, 0.15) is 16.7 Å². The van der Waals surface area contributed by atoms with E-state index in [1.54, 1.807) is 0 Å². The highest BCUT2D eigenvalue weighted by atomic mass is 16.6. The maximum Gasteiger partial charge on any atom is 0.161 e. The van der Waals surface area contributed by atoms with Crippen LogP contribution in [0.3, 0.4) is 0 Å². The molecule has 1 aliphatic rings. The second-order valence-electron chi connectivity index (χ2n) is 5.96. The normalized spacial score (nSPS) is 16.2. The summed E-state index contributed by atoms with van der Waals surface area (Å²) < 4.78 is 11.7. The first-order valence-corrected chi connectivity index (χ1v) is 7.72. The molecule has 0 fully saturated rings. The molecule has 0 N–H and O–H groups in total. The SMILES string of the molecule is Cc1cc(CN(C)CC2COc3ccccc3O2)ccc1C#N. The van der Waals surface area contributed by atoms with E-state index in [2.05, 4.69) is 24.1 Å². The van der Waals surface area contributed by atoms with Gasteiger partial charge in [-0.25, -0.2) is 0 Å². The van der Waals surface area contributed by atoms with Gasteiger partial charge in [-0.2, -0.15) is 5.26 Å². The quantitative estimate of drug-likeness (QED) is 0.870. The highest BCUT2D eigenvalue weighted by Gasteiger charge is 2.21. The molecule has 0 aliphatic carbocycles. The minimum atomic E-state index is 0.0226. The zero-order chi connectivity index (χ0) is 16.2. The Morgan fingerprint density at radius 3 is 2.74 bits per heavy atom. The fourth-order valence-corrected chi connectivity index (χ4v) is 2.83. The van der Waals surface area contributed by atoms with Crippen molar-refractivity contribution in [3.05, 3.63) is 59.2 Å². The third-order valence-electron chi connectivity index (χ3n) is 3.95. The van der Waals surface area contributed by atoms with Gasteiger partial charge in [-0.3, -0.25) is 4.90 Å². The molecule has 1 aliphatic heterocycles. The van der Waals surface area contributed by atoms with E-state index in [9.17, 15) is 0 Å². The van der Waals surface area contributed by atoms with E-state index in [4.69, 9.17) is 14.7 Å². The van der Waals surface area contributed by atoms with Gasteiger partial charge in [0.1, 0.15) is 12.7 Å². The summed E-state index contributed by atoms with van der Waals surface area (Å²) in [6.45, 7) is 4.13. The Bertz CT molecular complexity index is 736. The molecule has 1 heterocycles. The van der Waals surface area contributed by atoms with Crippen molar-refractivity contribution in [1.82, 2.24) is 4.90 Å². The molecule has 2 aromatic carbocycles. The second kappa shape index (κ2) is 6.72. The lowest BCUT2D eigenvalue weighted by Crippen LogP contribution is -2.39. The van der Waals surface area contributed by atoms with Crippen molar-refractivity contribution in [2.24, 2.45) is 0 Å². The zero-order valence-electron chi connectivity index (χ0n) is 13.5. The number of hydrogen-bond acceptors (Lipinski definition) is 4. The van der Waals surface area contributed by atoms with E-state index in [0.717, 1.165) is 35.7 Å². The predicted octanol–water partition coefficient (Wildman–Crippen LogP) is 3.14. The van der Waals surface area contributed by atoms with Crippen molar-refractivity contribution >= 4 is 0 Å². The third-order valence-corrected chi connectivity index (χ3v) is 3.95. The number of nitrogens with zero attached hydrogens (tertiary/aromatic N) is 2. The van der Waals surface area contributed by atoms with Crippen LogP contribution in [0.5, 0.6) is 11.5 Å². The average Bonchev–Trinajstić information content (AvgIpc) is 2.55. The molecule has 118 valence electrons. The van der Waals surface area contributed by atoms with E-state index in [1.165, 1.54) is 5.56 Å². The summed E-state index contributed by atoms with van der Waals surface area (Å²) in [5, 5.41) is 9.00. The third kappa shape index (κ3) is 3.64. The Kier molecular flexibility index (Phi) is 4.50. The predicted molar refractivity (Wildman–Crippen MR) is 88.6 cm³/mol. The lowest BCUT2D eigenvalue weighted by Gasteiger charge is -2.29. The Hall–Kier alpha value is -2.51. The molecule has 0 radical (unpaired) electrons. The van der Waals surface area contributed by atoms with Crippen molar-refractivity contribution in [2.75, 3.05) is 20.2 Å². The molecule has 0 bridgehead atoms. The van der Waals surface area contributed by atoms with Crippen LogP contribution in [-0.4, -0.2) is 31.2 Å². The van der Waals surface area contributed by atoms with Gasteiger partial charge in [0.05, 0.1) is 11.6 Å². The lowest BCUT2D eigenvalue weighted by atomic mass is 10.1. The summed E-state index contributed by atoms with van der Waals surface area (Å²) in [7, 11) is 2.07. The average molecular weight is 308 g/mol. The van der Waals surface area contributed by atoms with Crippen molar-refractivity contribution in [3.8, 4) is 17.6 Å². The summed E-state index contributed by atoms with van der Waals surface area (Å²) in [6, 6.07) is 15.9. The molecule has 0 amide bonds. The van der Waals surface area contributed by atoms with Crippen LogP contribution in [-0.2, 0) is 6.54 Å². The molecule has 2 aromatic rings. The number of para-hydroxylation sites is 2.